The predicted molar refractivity (Wildman–Crippen MR) is 106 cm³/mol. The van der Waals surface area contributed by atoms with Crippen molar-refractivity contribution >= 4 is 19.9 Å². The Morgan fingerprint density at radius 1 is 1.07 bits per heavy atom. The first-order valence-corrected chi connectivity index (χ1v) is 13.5. The van der Waals surface area contributed by atoms with Gasteiger partial charge in [0.1, 0.15) is 8.07 Å². The fourth-order valence-electron chi connectivity index (χ4n) is 4.72. The van der Waals surface area contributed by atoms with Crippen molar-refractivity contribution < 1.29 is 49.5 Å². The summed E-state index contributed by atoms with van der Waals surface area (Å²) < 4.78 is 0.711. The van der Waals surface area contributed by atoms with Crippen LogP contribution in [0.25, 0.3) is 6.08 Å². The molecule has 0 N–H and O–H groups in total. The molecule has 0 fully saturated rings. The van der Waals surface area contributed by atoms with E-state index in [4.69, 9.17) is 0 Å². The molecule has 1 nitrogen and oxygen atoms in total. The van der Waals surface area contributed by atoms with Crippen molar-refractivity contribution in [3.05, 3.63) is 74.8 Å². The van der Waals surface area contributed by atoms with E-state index in [1.54, 1.807) is 40.7 Å². The van der Waals surface area contributed by atoms with Crippen LogP contribution in [0.3, 0.4) is 0 Å². The molecule has 1 aromatic rings. The van der Waals surface area contributed by atoms with Crippen LogP contribution < -0.4 is 24.8 Å². The van der Waals surface area contributed by atoms with Crippen molar-refractivity contribution in [1.29, 1.82) is 0 Å². The van der Waals surface area contributed by atoms with Gasteiger partial charge in [-0.2, -0.15) is 0 Å². The number of halogens is 2. The van der Waals surface area contributed by atoms with Crippen LogP contribution in [0.4, 0.5) is 0 Å². The third-order valence-electron chi connectivity index (χ3n) is 5.84. The second kappa shape index (κ2) is 8.11. The van der Waals surface area contributed by atoms with Gasteiger partial charge < -0.3 is 24.8 Å². The zero-order chi connectivity index (χ0) is 17.9. The molecule has 1 atom stereocenters. The molecule has 0 spiro atoms. The minimum Gasteiger partial charge on any atom is -1.00 e. The summed E-state index contributed by atoms with van der Waals surface area (Å²) in [5.74, 6) is 0.691. The minimum absolute atomic E-state index is 0. The van der Waals surface area contributed by atoms with Gasteiger partial charge in [-0.3, -0.25) is 4.99 Å². The summed E-state index contributed by atoms with van der Waals surface area (Å²) in [5.41, 5.74) is 8.86. The molecular weight excluding hydrogens is 468 g/mol. The molecule has 2 bridgehead atoms. The van der Waals surface area contributed by atoms with Gasteiger partial charge in [-0.1, -0.05) is 13.1 Å². The molecule has 1 unspecified atom stereocenters. The number of hydrogen-bond donors (Lipinski definition) is 0. The van der Waals surface area contributed by atoms with Crippen molar-refractivity contribution in [2.75, 3.05) is 0 Å². The molecular formula is C22H24Cl2NSiZr. The molecule has 0 saturated heterocycles. The zero-order valence-corrected chi connectivity index (χ0v) is 21.4. The van der Waals surface area contributed by atoms with Crippen LogP contribution in [0.15, 0.2) is 68.6 Å². The van der Waals surface area contributed by atoms with Crippen molar-refractivity contribution in [2.45, 2.75) is 37.5 Å². The quantitative estimate of drug-likeness (QED) is 0.479. The van der Waals surface area contributed by atoms with E-state index >= 15 is 0 Å². The summed E-state index contributed by atoms with van der Waals surface area (Å²) in [6, 6.07) is 8.76. The van der Waals surface area contributed by atoms with Gasteiger partial charge in [-0.25, -0.2) is 0 Å². The first-order valence-electron chi connectivity index (χ1n) is 9.07. The second-order valence-corrected chi connectivity index (χ2v) is 13.7. The fourth-order valence-corrected chi connectivity index (χ4v) is 10.2. The molecule has 2 aliphatic carbocycles. The summed E-state index contributed by atoms with van der Waals surface area (Å²) >= 11 is 1.62. The normalized spacial score (nSPS) is 22.1. The Morgan fingerprint density at radius 3 is 2.30 bits per heavy atom. The molecule has 0 radical (unpaired) electrons. The second-order valence-electron chi connectivity index (χ2n) is 8.07. The molecule has 3 heterocycles. The number of allylic oxidation sites excluding steroid dienone is 6. The zero-order valence-electron chi connectivity index (χ0n) is 16.4. The topological polar surface area (TPSA) is 12.4 Å². The number of hydrogen-bond acceptors (Lipinski definition) is 1. The minimum atomic E-state index is -1.13. The Labute approximate surface area is 191 Å². The number of rotatable bonds is 1. The SMILES string of the molecule is CC(C)C1=Cc2ccccc2[CH]1[Zr+2].CC1=C2C3=NC=CC3=C1[Si]2(C)C.[Cl-].[Cl-]. The Bertz CT molecular complexity index is 935. The van der Waals surface area contributed by atoms with Crippen molar-refractivity contribution in [2.24, 2.45) is 10.9 Å². The van der Waals surface area contributed by atoms with E-state index < -0.39 is 8.07 Å². The summed E-state index contributed by atoms with van der Waals surface area (Å²) in [4.78, 5) is 4.42. The Morgan fingerprint density at radius 2 is 1.74 bits per heavy atom. The van der Waals surface area contributed by atoms with E-state index in [1.165, 1.54) is 28.0 Å². The summed E-state index contributed by atoms with van der Waals surface area (Å²) in [6.45, 7) is 11.7. The number of fused-ring (bicyclic) bond motifs is 1. The first-order chi connectivity index (χ1) is 11.8. The van der Waals surface area contributed by atoms with Gasteiger partial charge in [0.25, 0.3) is 0 Å². The summed E-state index contributed by atoms with van der Waals surface area (Å²) in [6.07, 6.45) is 6.48. The number of aliphatic imine (C=N–C) groups is 1. The van der Waals surface area contributed by atoms with E-state index in [2.05, 4.69) is 75.3 Å². The van der Waals surface area contributed by atoms with Crippen LogP contribution in [-0.2, 0) is 24.7 Å². The Balaban J connectivity index is 0.000000180. The van der Waals surface area contributed by atoms with Gasteiger partial charge in [0.05, 0.1) is 5.71 Å². The van der Waals surface area contributed by atoms with Crippen molar-refractivity contribution in [3.63, 3.8) is 0 Å². The van der Waals surface area contributed by atoms with Crippen molar-refractivity contribution in [1.82, 2.24) is 0 Å². The van der Waals surface area contributed by atoms with E-state index in [9.17, 15) is 0 Å². The molecule has 6 rings (SSSR count). The van der Waals surface area contributed by atoms with Crippen LogP contribution in [0, 0.1) is 5.92 Å². The van der Waals surface area contributed by atoms with Gasteiger partial charge in [-0.15, -0.1) is 0 Å². The Hall–Kier alpha value is -0.470. The van der Waals surface area contributed by atoms with E-state index in [0.717, 1.165) is 0 Å². The predicted octanol–water partition coefficient (Wildman–Crippen LogP) is -0.283. The molecule has 3 aliphatic heterocycles. The maximum Gasteiger partial charge on any atom is 0.116 e. The standard InChI is InChI=1S/C12H13.C10H11NSi.2ClH.Zr/c1-9(2)12-7-10-5-3-4-6-11(10)8-12;1-6-9-7-4-5-11-8(7)10(6)12(9,2)3;;;/h3-9H,1-2H3;4-5H,1-3H3;2*1H;/q;;;;+2/p-2. The van der Waals surface area contributed by atoms with Crippen molar-refractivity contribution in [3.8, 4) is 0 Å². The Kier molecular flexibility index (Phi) is 6.85. The first kappa shape index (κ1) is 22.8. The molecule has 0 amide bonds. The average molecular weight is 493 g/mol. The third-order valence-corrected chi connectivity index (χ3v) is 11.2. The van der Waals surface area contributed by atoms with E-state index in [1.807, 2.05) is 6.20 Å². The molecule has 0 aromatic heterocycles. The van der Waals surface area contributed by atoms with Crippen LogP contribution in [-0.4, -0.2) is 13.8 Å². The molecule has 5 aliphatic rings. The maximum absolute atomic E-state index is 4.42. The molecule has 5 heteroatoms. The van der Waals surface area contributed by atoms with Crippen LogP contribution in [0.5, 0.6) is 0 Å². The fraction of sp³-hybridized carbons (Fsp3) is 0.318. The van der Waals surface area contributed by atoms with E-state index in [0.29, 0.717) is 9.54 Å². The number of benzene rings is 1. The molecule has 0 saturated carbocycles. The van der Waals surface area contributed by atoms with Gasteiger partial charge in [0.2, 0.25) is 0 Å². The monoisotopic (exact) mass is 490 g/mol. The van der Waals surface area contributed by atoms with Gasteiger partial charge in [-0.05, 0) is 29.0 Å². The maximum atomic E-state index is 4.42. The van der Waals surface area contributed by atoms with Crippen LogP contribution >= 0.6 is 0 Å². The smallest absolute Gasteiger partial charge is 0.116 e. The molecule has 139 valence electrons. The van der Waals surface area contributed by atoms with E-state index in [-0.39, 0.29) is 24.8 Å². The van der Waals surface area contributed by atoms with Gasteiger partial charge >= 0.3 is 95.2 Å². The van der Waals surface area contributed by atoms with Crippen LogP contribution in [0.2, 0.25) is 13.1 Å². The largest absolute Gasteiger partial charge is 1.00 e. The average Bonchev–Trinajstić information content (AvgIpc) is 3.24. The molecule has 27 heavy (non-hydrogen) atoms. The third kappa shape index (κ3) is 3.39. The summed E-state index contributed by atoms with van der Waals surface area (Å²) in [5, 5.41) is 3.27. The van der Waals surface area contributed by atoms with Crippen LogP contribution in [0.1, 0.15) is 35.5 Å². The molecule has 1 aromatic carbocycles. The number of nitrogens with zero attached hydrogens (tertiary/aromatic N) is 1. The van der Waals surface area contributed by atoms with Gasteiger partial charge in [0.15, 0.2) is 0 Å². The van der Waals surface area contributed by atoms with Gasteiger partial charge in [0, 0.05) is 11.8 Å². The summed E-state index contributed by atoms with van der Waals surface area (Å²) in [7, 11) is -1.13.